The number of hydrogen-bond donors (Lipinski definition) is 1. The summed E-state index contributed by atoms with van der Waals surface area (Å²) in [7, 11) is 0. The Bertz CT molecular complexity index is 342. The highest BCUT2D eigenvalue weighted by atomic mass is 16.3. The molecule has 0 aromatic heterocycles. The van der Waals surface area contributed by atoms with Crippen molar-refractivity contribution in [3.63, 3.8) is 0 Å². The van der Waals surface area contributed by atoms with Crippen molar-refractivity contribution in [1.82, 2.24) is 4.90 Å². The van der Waals surface area contributed by atoms with E-state index in [-0.39, 0.29) is 17.9 Å². The Morgan fingerprint density at radius 1 is 1.14 bits per heavy atom. The average Bonchev–Trinajstić information content (AvgIpc) is 2.52. The first-order chi connectivity index (χ1) is 10.3. The maximum absolute atomic E-state index is 12.8. The molecular formula is C19H37NO2. The lowest BCUT2D eigenvalue weighted by Gasteiger charge is -2.40. The Morgan fingerprint density at radius 3 is 2.32 bits per heavy atom. The van der Waals surface area contributed by atoms with Gasteiger partial charge >= 0.3 is 0 Å². The highest BCUT2D eigenvalue weighted by Gasteiger charge is 2.34. The van der Waals surface area contributed by atoms with E-state index >= 15 is 0 Å². The number of likely N-dealkylation sites (tertiary alicyclic amines) is 1. The third-order valence-electron chi connectivity index (χ3n) is 5.88. The monoisotopic (exact) mass is 311 g/mol. The summed E-state index contributed by atoms with van der Waals surface area (Å²) in [5.74, 6) is 2.07. The van der Waals surface area contributed by atoms with Crippen LogP contribution in [-0.4, -0.2) is 34.6 Å². The molecule has 3 heteroatoms. The number of hydrogen-bond acceptors (Lipinski definition) is 2. The minimum Gasteiger partial charge on any atom is -0.391 e. The lowest BCUT2D eigenvalue weighted by Crippen LogP contribution is -2.51. The van der Waals surface area contributed by atoms with Gasteiger partial charge in [0.1, 0.15) is 0 Å². The van der Waals surface area contributed by atoms with Crippen LogP contribution in [0.15, 0.2) is 0 Å². The summed E-state index contributed by atoms with van der Waals surface area (Å²) < 4.78 is 0. The fourth-order valence-electron chi connectivity index (χ4n) is 3.58. The van der Waals surface area contributed by atoms with E-state index < -0.39 is 6.10 Å². The normalized spacial score (nSPS) is 24.9. The van der Waals surface area contributed by atoms with Gasteiger partial charge in [-0.05, 0) is 42.9 Å². The molecule has 1 aliphatic rings. The summed E-state index contributed by atoms with van der Waals surface area (Å²) in [5.41, 5.74) is 0. The molecule has 3 nitrogen and oxygen atoms in total. The third kappa shape index (κ3) is 4.97. The first kappa shape index (κ1) is 19.5. The van der Waals surface area contributed by atoms with E-state index in [2.05, 4.69) is 27.7 Å². The van der Waals surface area contributed by atoms with Gasteiger partial charge in [0.25, 0.3) is 0 Å². The van der Waals surface area contributed by atoms with Gasteiger partial charge in [0.2, 0.25) is 5.91 Å². The lowest BCUT2D eigenvalue weighted by molar-refractivity contribution is -0.140. The van der Waals surface area contributed by atoms with E-state index in [1.54, 1.807) is 0 Å². The van der Waals surface area contributed by atoms with E-state index in [0.717, 1.165) is 32.2 Å². The molecule has 0 radical (unpaired) electrons. The fourth-order valence-corrected chi connectivity index (χ4v) is 3.58. The largest absolute Gasteiger partial charge is 0.391 e. The highest BCUT2D eigenvalue weighted by molar-refractivity contribution is 5.77. The van der Waals surface area contributed by atoms with Gasteiger partial charge in [-0.15, -0.1) is 0 Å². The zero-order valence-electron chi connectivity index (χ0n) is 15.5. The molecule has 1 fully saturated rings. The predicted molar refractivity (Wildman–Crippen MR) is 92.6 cm³/mol. The molecule has 0 aromatic carbocycles. The molecule has 0 spiro atoms. The molecule has 0 aromatic rings. The van der Waals surface area contributed by atoms with Crippen molar-refractivity contribution in [1.29, 1.82) is 0 Å². The van der Waals surface area contributed by atoms with Crippen LogP contribution in [0, 0.1) is 23.7 Å². The van der Waals surface area contributed by atoms with Gasteiger partial charge in [0.05, 0.1) is 12.1 Å². The first-order valence-corrected chi connectivity index (χ1v) is 9.27. The standard InChI is InChI=1S/C19H37NO2/c1-7-14(4)16(6)15(5)12-18(21)20-11-9-8-10-17(20)19(22)13(2)3/h13-17,19,22H,7-12H2,1-6H3/t14-,15+,16-,17-,19+/m0/s1. The second kappa shape index (κ2) is 8.90. The molecule has 0 unspecified atom stereocenters. The van der Waals surface area contributed by atoms with Gasteiger partial charge in [-0.1, -0.05) is 48.0 Å². The molecule has 1 saturated heterocycles. The Kier molecular flexibility index (Phi) is 7.88. The topological polar surface area (TPSA) is 40.5 Å². The Labute approximate surface area is 137 Å². The van der Waals surface area contributed by atoms with Crippen LogP contribution < -0.4 is 0 Å². The molecule has 0 saturated carbocycles. The first-order valence-electron chi connectivity index (χ1n) is 9.27. The van der Waals surface area contributed by atoms with Crippen LogP contribution in [0.5, 0.6) is 0 Å². The van der Waals surface area contributed by atoms with Crippen molar-refractivity contribution in [2.75, 3.05) is 6.54 Å². The van der Waals surface area contributed by atoms with E-state index in [1.807, 2.05) is 18.7 Å². The molecule has 1 amide bonds. The van der Waals surface area contributed by atoms with E-state index in [1.165, 1.54) is 0 Å². The van der Waals surface area contributed by atoms with E-state index in [0.29, 0.717) is 24.2 Å². The molecule has 22 heavy (non-hydrogen) atoms. The van der Waals surface area contributed by atoms with Crippen LogP contribution >= 0.6 is 0 Å². The van der Waals surface area contributed by atoms with Gasteiger partial charge in [-0.2, -0.15) is 0 Å². The second-order valence-corrected chi connectivity index (χ2v) is 7.81. The molecule has 0 aliphatic carbocycles. The van der Waals surface area contributed by atoms with Gasteiger partial charge in [0, 0.05) is 13.0 Å². The number of rotatable bonds is 7. The van der Waals surface area contributed by atoms with Gasteiger partial charge in [-0.25, -0.2) is 0 Å². The van der Waals surface area contributed by atoms with Gasteiger partial charge < -0.3 is 10.0 Å². The molecule has 130 valence electrons. The zero-order valence-corrected chi connectivity index (χ0v) is 15.5. The number of carbonyl (C=O) groups is 1. The highest BCUT2D eigenvalue weighted by Crippen LogP contribution is 2.29. The molecule has 0 bridgehead atoms. The van der Waals surface area contributed by atoms with Crippen LogP contribution in [-0.2, 0) is 4.79 Å². The predicted octanol–water partition coefficient (Wildman–Crippen LogP) is 4.09. The second-order valence-electron chi connectivity index (χ2n) is 7.81. The van der Waals surface area contributed by atoms with Crippen LogP contribution in [0.4, 0.5) is 0 Å². The number of carbonyl (C=O) groups excluding carboxylic acids is 1. The zero-order chi connectivity index (χ0) is 16.9. The van der Waals surface area contributed by atoms with Crippen molar-refractivity contribution in [3.8, 4) is 0 Å². The number of nitrogens with zero attached hydrogens (tertiary/aromatic N) is 1. The van der Waals surface area contributed by atoms with Crippen LogP contribution in [0.2, 0.25) is 0 Å². The van der Waals surface area contributed by atoms with Crippen LogP contribution in [0.25, 0.3) is 0 Å². The average molecular weight is 312 g/mol. The number of amides is 1. The third-order valence-corrected chi connectivity index (χ3v) is 5.88. The Morgan fingerprint density at radius 2 is 1.77 bits per heavy atom. The maximum atomic E-state index is 12.8. The molecule has 1 N–H and O–H groups in total. The molecular weight excluding hydrogens is 274 g/mol. The minimum absolute atomic E-state index is 0.0207. The number of aliphatic hydroxyl groups is 1. The van der Waals surface area contributed by atoms with E-state index in [4.69, 9.17) is 0 Å². The molecule has 1 rings (SSSR count). The summed E-state index contributed by atoms with van der Waals surface area (Å²) >= 11 is 0. The summed E-state index contributed by atoms with van der Waals surface area (Å²) in [6, 6.07) is 0.0207. The molecule has 1 heterocycles. The minimum atomic E-state index is -0.397. The smallest absolute Gasteiger partial charge is 0.223 e. The van der Waals surface area contributed by atoms with Crippen molar-refractivity contribution in [2.45, 2.75) is 85.8 Å². The molecule has 1 aliphatic heterocycles. The van der Waals surface area contributed by atoms with Gasteiger partial charge in [-0.3, -0.25) is 4.79 Å². The lowest BCUT2D eigenvalue weighted by atomic mass is 9.81. The summed E-state index contributed by atoms with van der Waals surface area (Å²) in [6.07, 6.45) is 4.52. The summed E-state index contributed by atoms with van der Waals surface area (Å²) in [6.45, 7) is 13.9. The molecule has 5 atom stereocenters. The van der Waals surface area contributed by atoms with Crippen molar-refractivity contribution >= 4 is 5.91 Å². The number of aliphatic hydroxyl groups excluding tert-OH is 1. The van der Waals surface area contributed by atoms with E-state index in [9.17, 15) is 9.90 Å². The SMILES string of the molecule is CC[C@H](C)[C@H](C)[C@H](C)CC(=O)N1CCCC[C@H]1[C@H](O)C(C)C. The van der Waals surface area contributed by atoms with Crippen molar-refractivity contribution in [2.24, 2.45) is 23.7 Å². The van der Waals surface area contributed by atoms with Crippen LogP contribution in [0.3, 0.4) is 0 Å². The fraction of sp³-hybridized carbons (Fsp3) is 0.947. The van der Waals surface area contributed by atoms with Gasteiger partial charge in [0.15, 0.2) is 0 Å². The Balaban J connectivity index is 2.68. The van der Waals surface area contributed by atoms with Crippen molar-refractivity contribution in [3.05, 3.63) is 0 Å². The van der Waals surface area contributed by atoms with Crippen molar-refractivity contribution < 1.29 is 9.90 Å². The summed E-state index contributed by atoms with van der Waals surface area (Å²) in [4.78, 5) is 14.8. The van der Waals surface area contributed by atoms with Crippen LogP contribution in [0.1, 0.15) is 73.6 Å². The Hall–Kier alpha value is -0.570. The number of piperidine rings is 1. The summed E-state index contributed by atoms with van der Waals surface area (Å²) in [5, 5.41) is 10.4. The quantitative estimate of drug-likeness (QED) is 0.769. The maximum Gasteiger partial charge on any atom is 0.223 e.